The van der Waals surface area contributed by atoms with Crippen molar-refractivity contribution in [2.24, 2.45) is 0 Å². The Morgan fingerprint density at radius 2 is 0.663 bits per heavy atom. The Bertz CT molecular complexity index is 4250. The van der Waals surface area contributed by atoms with Crippen LogP contribution in [0.5, 0.6) is 0 Å². The summed E-state index contributed by atoms with van der Waals surface area (Å²) in [6.07, 6.45) is 0.436. The van der Waals surface area contributed by atoms with Gasteiger partial charge in [-0.25, -0.2) is 28.8 Å². The summed E-state index contributed by atoms with van der Waals surface area (Å²) in [7, 11) is 0. The van der Waals surface area contributed by atoms with Crippen LogP contribution < -0.4 is 0 Å². The molecule has 12 heteroatoms. The highest BCUT2D eigenvalue weighted by atomic mass is 16.6. The van der Waals surface area contributed by atoms with Gasteiger partial charge in [-0.15, -0.1) is 0 Å². The molecule has 0 saturated carbocycles. The number of esters is 6. The number of fused-ring (bicyclic) bond motifs is 3. The number of carbonyl (C=O) groups excluding carboxylic acids is 6. The number of rotatable bonds is 19. The minimum Gasteiger partial charge on any atom is -0.457 e. The summed E-state index contributed by atoms with van der Waals surface area (Å²) in [5.41, 5.74) is 6.80. The molecule has 0 saturated heterocycles. The van der Waals surface area contributed by atoms with Crippen molar-refractivity contribution >= 4 is 68.1 Å². The molecule has 510 valence electrons. The molecule has 9 aromatic rings. The SMILES string of the molecule is C=C(C)C(=O)OC(C)(C)Cc1ccccc1.C=C(C)C(=O)OC(C)(C)c1ccc2ccccc2c1.C=C(C)C(=O)OC(C)(C)c1ccccc1.C=C(C)C(=O)OC(C)c1ccc2ccccc2c1.C=C(C)C(=O)OCc1ccc2ccccc2c1.C=C(C)C(=O)OCc1ccccc1. The molecule has 0 aromatic heterocycles. The zero-order valence-corrected chi connectivity index (χ0v) is 59.1. The third-order valence-corrected chi connectivity index (χ3v) is 14.5. The fraction of sp³-hybridized carbons (Fsp3) is 0.233. The smallest absolute Gasteiger partial charge is 0.333 e. The summed E-state index contributed by atoms with van der Waals surface area (Å²) in [6.45, 7) is 45.0. The maximum atomic E-state index is 11.7. The zero-order chi connectivity index (χ0) is 72.8. The summed E-state index contributed by atoms with van der Waals surface area (Å²) in [6, 6.07) is 71.7. The second kappa shape index (κ2) is 38.5. The van der Waals surface area contributed by atoms with Crippen LogP contribution in [0.3, 0.4) is 0 Å². The van der Waals surface area contributed by atoms with Gasteiger partial charge in [0, 0.05) is 39.9 Å². The average molecular weight is 1320 g/mol. The van der Waals surface area contributed by atoms with Gasteiger partial charge in [0.15, 0.2) is 0 Å². The molecular formula is C86H94O12. The average Bonchev–Trinajstić information content (AvgIpc) is 1.03. The molecular weight excluding hydrogens is 1220 g/mol. The monoisotopic (exact) mass is 1320 g/mol. The quantitative estimate of drug-likeness (QED) is 0.0429. The zero-order valence-electron chi connectivity index (χ0n) is 59.1. The van der Waals surface area contributed by atoms with Crippen LogP contribution in [0.15, 0.2) is 291 Å². The topological polar surface area (TPSA) is 158 Å². The Labute approximate surface area is 579 Å². The Balaban J connectivity index is 0.000000251. The first-order valence-corrected chi connectivity index (χ1v) is 32.0. The van der Waals surface area contributed by atoms with Gasteiger partial charge in [0.25, 0.3) is 0 Å². The maximum absolute atomic E-state index is 11.7. The highest BCUT2D eigenvalue weighted by Crippen LogP contribution is 2.30. The lowest BCUT2D eigenvalue weighted by atomic mass is 9.95. The van der Waals surface area contributed by atoms with E-state index in [-0.39, 0.29) is 48.5 Å². The molecule has 0 aliphatic rings. The number of hydrogen-bond donors (Lipinski definition) is 0. The standard InChI is InChI=1S/C17H18O2.C16H16O2.C15H14O2.C14H18O2.C13H16O2.C11H12O2/c1-12(2)16(18)19-17(3,4)15-10-9-13-7-5-6-8-14(13)11-15;1-11(2)16(17)18-12(3)14-9-8-13-6-4-5-7-15(13)10-14;1-11(2)15(16)17-10-12-7-8-13-5-3-4-6-14(13)9-12;1-11(2)13(15)16-14(3,4)10-12-8-6-5-7-9-12;1-10(2)12(14)15-13(3,4)11-8-6-5-7-9-11;1-9(2)11(12)13-8-10-6-4-3-5-7-10/h5-11H,1H2,2-4H3;4-10,12H,1H2,2-3H3;3-9H,1,10H2,2H3;5-9H,1,10H2,2-4H3;5-9H,1H2,2-4H3;3-7H,1,8H2,2H3. The van der Waals surface area contributed by atoms with Crippen LogP contribution in [0.2, 0.25) is 0 Å². The summed E-state index contributed by atoms with van der Waals surface area (Å²) >= 11 is 0. The molecule has 1 atom stereocenters. The molecule has 0 heterocycles. The van der Waals surface area contributed by atoms with Crippen LogP contribution in [0.25, 0.3) is 32.3 Å². The van der Waals surface area contributed by atoms with Gasteiger partial charge < -0.3 is 28.4 Å². The molecule has 0 radical (unpaired) electrons. The normalized spacial score (nSPS) is 10.9. The van der Waals surface area contributed by atoms with Crippen molar-refractivity contribution in [3.8, 4) is 0 Å². The van der Waals surface area contributed by atoms with E-state index in [0.717, 1.165) is 49.5 Å². The summed E-state index contributed by atoms with van der Waals surface area (Å²) < 4.78 is 31.6. The van der Waals surface area contributed by atoms with E-state index in [4.69, 9.17) is 28.4 Å². The molecule has 9 rings (SSSR count). The molecule has 98 heavy (non-hydrogen) atoms. The van der Waals surface area contributed by atoms with Crippen LogP contribution in [0.1, 0.15) is 129 Å². The number of carbonyl (C=O) groups is 6. The molecule has 9 aromatic carbocycles. The van der Waals surface area contributed by atoms with E-state index < -0.39 is 16.8 Å². The van der Waals surface area contributed by atoms with Crippen LogP contribution in [-0.4, -0.2) is 41.4 Å². The van der Waals surface area contributed by atoms with Crippen molar-refractivity contribution < 1.29 is 57.2 Å². The lowest BCUT2D eigenvalue weighted by Gasteiger charge is -2.26. The molecule has 1 unspecified atom stereocenters. The van der Waals surface area contributed by atoms with Crippen molar-refractivity contribution in [3.05, 3.63) is 325 Å². The third kappa shape index (κ3) is 27.8. The molecule has 0 N–H and O–H groups in total. The molecule has 0 amide bonds. The molecule has 0 bridgehead atoms. The van der Waals surface area contributed by atoms with E-state index in [1.165, 1.54) is 16.2 Å². The maximum Gasteiger partial charge on any atom is 0.333 e. The largest absolute Gasteiger partial charge is 0.457 e. The molecule has 12 nitrogen and oxygen atoms in total. The fourth-order valence-electron chi connectivity index (χ4n) is 8.86. The summed E-state index contributed by atoms with van der Waals surface area (Å²) in [4.78, 5) is 68.2. The van der Waals surface area contributed by atoms with E-state index in [0.29, 0.717) is 46.5 Å². The minimum atomic E-state index is -0.667. The van der Waals surface area contributed by atoms with Crippen LogP contribution in [0, 0.1) is 0 Å². The third-order valence-electron chi connectivity index (χ3n) is 14.5. The van der Waals surface area contributed by atoms with E-state index in [2.05, 4.69) is 69.8 Å². The number of hydrogen-bond acceptors (Lipinski definition) is 12. The predicted molar refractivity (Wildman–Crippen MR) is 396 cm³/mol. The van der Waals surface area contributed by atoms with E-state index >= 15 is 0 Å². The van der Waals surface area contributed by atoms with Gasteiger partial charge in [0.05, 0.1) is 0 Å². The van der Waals surface area contributed by atoms with Crippen LogP contribution in [0.4, 0.5) is 0 Å². The van der Waals surface area contributed by atoms with E-state index in [1.807, 2.05) is 237 Å². The van der Waals surface area contributed by atoms with Crippen molar-refractivity contribution in [3.63, 3.8) is 0 Å². The summed E-state index contributed by atoms with van der Waals surface area (Å²) in [5, 5.41) is 6.97. The Hall–Kier alpha value is -11.0. The fourth-order valence-corrected chi connectivity index (χ4v) is 8.86. The van der Waals surface area contributed by atoms with Gasteiger partial charge in [0.2, 0.25) is 0 Å². The summed E-state index contributed by atoms with van der Waals surface area (Å²) in [5.74, 6) is -2.10. The number of benzene rings is 9. The van der Waals surface area contributed by atoms with E-state index in [1.54, 1.807) is 41.5 Å². The lowest BCUT2D eigenvalue weighted by molar-refractivity contribution is -0.153. The lowest BCUT2D eigenvalue weighted by Crippen LogP contribution is -2.30. The van der Waals surface area contributed by atoms with Gasteiger partial charge in [0.1, 0.15) is 36.1 Å². The Morgan fingerprint density at radius 3 is 1.10 bits per heavy atom. The van der Waals surface area contributed by atoms with Gasteiger partial charge >= 0.3 is 35.8 Å². The van der Waals surface area contributed by atoms with Crippen molar-refractivity contribution in [1.29, 1.82) is 0 Å². The van der Waals surface area contributed by atoms with Crippen LogP contribution >= 0.6 is 0 Å². The molecule has 0 spiro atoms. The second-order valence-corrected chi connectivity index (χ2v) is 25.2. The van der Waals surface area contributed by atoms with Crippen molar-refractivity contribution in [1.82, 2.24) is 0 Å². The van der Waals surface area contributed by atoms with Gasteiger partial charge in [-0.2, -0.15) is 0 Å². The molecule has 0 fully saturated rings. The van der Waals surface area contributed by atoms with Gasteiger partial charge in [-0.3, -0.25) is 0 Å². The highest BCUT2D eigenvalue weighted by Gasteiger charge is 2.27. The predicted octanol–water partition coefficient (Wildman–Crippen LogP) is 20.1. The first-order valence-electron chi connectivity index (χ1n) is 32.0. The first-order chi connectivity index (χ1) is 46.2. The van der Waals surface area contributed by atoms with E-state index in [9.17, 15) is 28.8 Å². The Kier molecular flexibility index (Phi) is 31.2. The van der Waals surface area contributed by atoms with Crippen molar-refractivity contribution in [2.75, 3.05) is 0 Å². The van der Waals surface area contributed by atoms with Gasteiger partial charge in [-0.1, -0.05) is 240 Å². The molecule has 0 aliphatic heterocycles. The first kappa shape index (κ1) is 79.5. The second-order valence-electron chi connectivity index (χ2n) is 25.2. The van der Waals surface area contributed by atoms with Gasteiger partial charge in [-0.05, 0) is 174 Å². The Morgan fingerprint density at radius 1 is 0.327 bits per heavy atom. The highest BCUT2D eigenvalue weighted by molar-refractivity contribution is 5.90. The van der Waals surface area contributed by atoms with Crippen LogP contribution in [-0.2, 0) is 88.0 Å². The minimum absolute atomic E-state index is 0.265. The molecule has 0 aliphatic carbocycles. The number of ether oxygens (including phenoxy) is 6. The van der Waals surface area contributed by atoms with Crippen molar-refractivity contribution in [2.45, 2.75) is 133 Å².